The Hall–Kier alpha value is -4.23. The van der Waals surface area contributed by atoms with Crippen LogP contribution in [0.5, 0.6) is 23.0 Å². The van der Waals surface area contributed by atoms with Gasteiger partial charge >= 0.3 is 5.97 Å². The molecule has 0 unspecified atom stereocenters. The third-order valence-corrected chi connectivity index (χ3v) is 14.4. The van der Waals surface area contributed by atoms with E-state index >= 15 is 0 Å². The lowest BCUT2D eigenvalue weighted by Gasteiger charge is -2.28. The highest BCUT2D eigenvalue weighted by molar-refractivity contribution is 9.15. The summed E-state index contributed by atoms with van der Waals surface area (Å²) in [6, 6.07) is 28.0. The number of fused-ring (bicyclic) bond motifs is 1. The number of nitrogens with zero attached hydrogens (tertiary/aromatic N) is 2. The summed E-state index contributed by atoms with van der Waals surface area (Å²) in [5.41, 5.74) is 6.51. The highest BCUT2D eigenvalue weighted by atomic mass is 79.9. The Bertz CT molecular complexity index is 2230. The number of methoxy groups -OCH3 is 4. The van der Waals surface area contributed by atoms with Crippen LogP contribution in [0, 0.1) is 0 Å². The van der Waals surface area contributed by atoms with Crippen LogP contribution in [0.25, 0.3) is 11.1 Å². The maximum Gasteiger partial charge on any atom is 0.341 e. The summed E-state index contributed by atoms with van der Waals surface area (Å²) in [5.74, 6) is 1.78. The second kappa shape index (κ2) is 17.1. The van der Waals surface area contributed by atoms with Crippen LogP contribution in [0.2, 0.25) is 0 Å². The highest BCUT2D eigenvalue weighted by Gasteiger charge is 2.48. The first-order valence-corrected chi connectivity index (χ1v) is 20.5. The molecule has 8 nitrogen and oxygen atoms in total. The molecular weight excluding hydrogens is 972 g/mol. The molecule has 0 aliphatic carbocycles. The Labute approximate surface area is 361 Å². The van der Waals surface area contributed by atoms with Crippen LogP contribution in [0.15, 0.2) is 115 Å². The summed E-state index contributed by atoms with van der Waals surface area (Å²) in [7, 11) is 14.4. The standard InChI is InChI=1S/C44H40Br4N2O6/c1-49(2)29-15-9-25(10-16-29)31(27-13-19-33(52-5)35(21-27)54-7)23-44(38-37(43(51)56-44)39(45)41(47)42(48)40(38)46)24-32(26-11-17-30(18-12-26)50(3)4)28-14-20-34(53-6)36(22-28)55-8/h9-24H,1-8H3. The molecule has 290 valence electrons. The average molecular weight is 1010 g/mol. The van der Waals surface area contributed by atoms with E-state index < -0.39 is 11.6 Å². The number of halogens is 4. The summed E-state index contributed by atoms with van der Waals surface area (Å²) >= 11 is 15.1. The van der Waals surface area contributed by atoms with Gasteiger partial charge in [-0.2, -0.15) is 0 Å². The van der Waals surface area contributed by atoms with E-state index in [1.165, 1.54) is 0 Å². The predicted octanol–water partition coefficient (Wildman–Crippen LogP) is 11.5. The van der Waals surface area contributed by atoms with Crippen LogP contribution >= 0.6 is 63.7 Å². The van der Waals surface area contributed by atoms with Gasteiger partial charge in [-0.15, -0.1) is 0 Å². The molecule has 1 aliphatic rings. The Morgan fingerprint density at radius 3 is 1.29 bits per heavy atom. The van der Waals surface area contributed by atoms with E-state index in [0.717, 1.165) is 44.8 Å². The summed E-state index contributed by atoms with van der Waals surface area (Å²) in [4.78, 5) is 18.5. The molecule has 0 radical (unpaired) electrons. The molecule has 0 bridgehead atoms. The zero-order chi connectivity index (χ0) is 40.5. The average Bonchev–Trinajstić information content (AvgIpc) is 3.50. The fraction of sp³-hybridized carbons (Fsp3) is 0.205. The van der Waals surface area contributed by atoms with Gasteiger partial charge in [-0.25, -0.2) is 4.79 Å². The lowest BCUT2D eigenvalue weighted by Crippen LogP contribution is -2.23. The number of esters is 1. The Balaban J connectivity index is 1.78. The van der Waals surface area contributed by atoms with Crippen molar-refractivity contribution in [3.63, 3.8) is 0 Å². The van der Waals surface area contributed by atoms with Crippen LogP contribution in [-0.2, 0) is 10.3 Å². The topological polar surface area (TPSA) is 69.7 Å². The van der Waals surface area contributed by atoms with Crippen molar-refractivity contribution in [3.8, 4) is 23.0 Å². The molecule has 1 heterocycles. The van der Waals surface area contributed by atoms with Gasteiger partial charge in [0.15, 0.2) is 28.6 Å². The van der Waals surface area contributed by atoms with Crippen LogP contribution in [0.4, 0.5) is 11.4 Å². The van der Waals surface area contributed by atoms with Crippen molar-refractivity contribution in [2.24, 2.45) is 0 Å². The van der Waals surface area contributed by atoms with Crippen LogP contribution in [0.1, 0.15) is 38.2 Å². The number of benzene rings is 5. The second-order valence-electron chi connectivity index (χ2n) is 13.3. The zero-order valence-corrected chi connectivity index (χ0v) is 38.4. The van der Waals surface area contributed by atoms with E-state index in [2.05, 4.69) is 112 Å². The number of carbonyl (C=O) groups excluding carboxylic acids is 1. The molecule has 0 fully saturated rings. The molecule has 0 spiro atoms. The number of carbonyl (C=O) groups is 1. The SMILES string of the molecule is COc1ccc(C(=CC2(C=C(c3ccc(N(C)C)cc3)c3ccc(OC)c(OC)c3)OC(=O)c3c(Br)c(Br)c(Br)c(Br)c32)c2ccc(N(C)C)cc2)cc1OC. The molecule has 1 aliphatic heterocycles. The monoisotopic (exact) mass is 1010 g/mol. The van der Waals surface area contributed by atoms with E-state index in [-0.39, 0.29) is 0 Å². The number of hydrogen-bond donors (Lipinski definition) is 0. The molecule has 5 aromatic rings. The predicted molar refractivity (Wildman–Crippen MR) is 239 cm³/mol. The Kier molecular flexibility index (Phi) is 12.6. The fourth-order valence-corrected chi connectivity index (χ4v) is 9.26. The molecular formula is C44H40Br4N2O6. The third kappa shape index (κ3) is 7.85. The summed E-state index contributed by atoms with van der Waals surface area (Å²) < 4.78 is 32.1. The molecule has 6 rings (SSSR count). The number of rotatable bonds is 12. The lowest BCUT2D eigenvalue weighted by atomic mass is 9.83. The minimum atomic E-state index is -1.50. The van der Waals surface area contributed by atoms with E-state index in [4.69, 9.17) is 23.7 Å². The minimum absolute atomic E-state index is 0.378. The Morgan fingerprint density at radius 2 is 0.911 bits per heavy atom. The first kappa shape index (κ1) is 41.4. The number of anilines is 2. The number of cyclic esters (lactones) is 1. The van der Waals surface area contributed by atoms with Gasteiger partial charge in [0.05, 0.1) is 34.0 Å². The van der Waals surface area contributed by atoms with Gasteiger partial charge in [-0.05, 0) is 158 Å². The first-order chi connectivity index (χ1) is 26.8. The number of hydrogen-bond acceptors (Lipinski definition) is 8. The number of ether oxygens (including phenoxy) is 5. The third-order valence-electron chi connectivity index (χ3n) is 9.62. The second-order valence-corrected chi connectivity index (χ2v) is 16.5. The van der Waals surface area contributed by atoms with Crippen molar-refractivity contribution in [2.75, 3.05) is 66.4 Å². The van der Waals surface area contributed by atoms with Crippen molar-refractivity contribution in [1.82, 2.24) is 0 Å². The van der Waals surface area contributed by atoms with E-state index in [0.29, 0.717) is 52.0 Å². The van der Waals surface area contributed by atoms with Gasteiger partial charge in [0.25, 0.3) is 0 Å². The zero-order valence-electron chi connectivity index (χ0n) is 32.1. The van der Waals surface area contributed by atoms with Crippen molar-refractivity contribution >= 4 is 92.2 Å². The molecule has 0 aromatic heterocycles. The van der Waals surface area contributed by atoms with Gasteiger partial charge in [0.1, 0.15) is 0 Å². The maximum atomic E-state index is 14.4. The van der Waals surface area contributed by atoms with Crippen molar-refractivity contribution in [3.05, 3.63) is 148 Å². The van der Waals surface area contributed by atoms with E-state index in [9.17, 15) is 4.79 Å². The molecule has 0 saturated heterocycles. The maximum absolute atomic E-state index is 14.4. The van der Waals surface area contributed by atoms with E-state index in [1.54, 1.807) is 28.4 Å². The fourth-order valence-electron chi connectivity index (χ4n) is 6.67. The van der Waals surface area contributed by atoms with Gasteiger partial charge < -0.3 is 33.5 Å². The van der Waals surface area contributed by atoms with E-state index in [1.807, 2.05) is 86.5 Å². The lowest BCUT2D eigenvalue weighted by molar-refractivity contribution is 0.0298. The highest BCUT2D eigenvalue weighted by Crippen LogP contribution is 2.54. The van der Waals surface area contributed by atoms with Gasteiger partial charge in [-0.3, -0.25) is 0 Å². The molecule has 0 atom stereocenters. The van der Waals surface area contributed by atoms with Crippen molar-refractivity contribution in [2.45, 2.75) is 5.60 Å². The molecule has 0 N–H and O–H groups in total. The molecule has 12 heteroatoms. The molecule has 5 aromatic carbocycles. The molecule has 0 saturated carbocycles. The normalized spacial score (nSPS) is 15.2. The quantitative estimate of drug-likeness (QED) is 0.0696. The minimum Gasteiger partial charge on any atom is -0.493 e. The summed E-state index contributed by atoms with van der Waals surface area (Å²) in [5, 5.41) is 0. The van der Waals surface area contributed by atoms with Crippen LogP contribution < -0.4 is 28.7 Å². The largest absolute Gasteiger partial charge is 0.493 e. The van der Waals surface area contributed by atoms with Crippen LogP contribution in [0.3, 0.4) is 0 Å². The molecule has 56 heavy (non-hydrogen) atoms. The van der Waals surface area contributed by atoms with Crippen LogP contribution in [-0.4, -0.2) is 62.6 Å². The van der Waals surface area contributed by atoms with Gasteiger partial charge in [0.2, 0.25) is 0 Å². The van der Waals surface area contributed by atoms with Crippen molar-refractivity contribution < 1.29 is 28.5 Å². The summed E-state index contributed by atoms with van der Waals surface area (Å²) in [6.45, 7) is 0. The molecule has 0 amide bonds. The first-order valence-electron chi connectivity index (χ1n) is 17.3. The smallest absolute Gasteiger partial charge is 0.341 e. The Morgan fingerprint density at radius 1 is 0.536 bits per heavy atom. The van der Waals surface area contributed by atoms with Crippen molar-refractivity contribution in [1.29, 1.82) is 0 Å². The van der Waals surface area contributed by atoms with Gasteiger partial charge in [0, 0.05) is 63.0 Å². The van der Waals surface area contributed by atoms with Gasteiger partial charge in [-0.1, -0.05) is 36.4 Å². The summed E-state index contributed by atoms with van der Waals surface area (Å²) in [6.07, 6.45) is 4.02.